The fourth-order valence-electron chi connectivity index (χ4n) is 1.17. The molecule has 0 unspecified atom stereocenters. The quantitative estimate of drug-likeness (QED) is 0.529. The van der Waals surface area contributed by atoms with Gasteiger partial charge in [-0.15, -0.1) is 0 Å². The number of hydrogen-bond donors (Lipinski definition) is 2. The minimum atomic E-state index is -0.779. The summed E-state index contributed by atoms with van der Waals surface area (Å²) >= 11 is 0. The zero-order valence-corrected chi connectivity index (χ0v) is 7.11. The Morgan fingerprint density at radius 2 is 2.33 bits per heavy atom. The number of aliphatic hydroxyl groups excluding tert-OH is 1. The lowest BCUT2D eigenvalue weighted by Crippen LogP contribution is -2.52. The second-order valence-electron chi connectivity index (χ2n) is 3.37. The van der Waals surface area contributed by atoms with Crippen LogP contribution >= 0.6 is 0 Å². The molecule has 0 saturated carbocycles. The van der Waals surface area contributed by atoms with Crippen molar-refractivity contribution in [2.75, 3.05) is 0 Å². The molecule has 0 aliphatic carbocycles. The monoisotopic (exact) mass is 168 g/mol. The number of nitriles is 1. The molecule has 66 valence electrons. The van der Waals surface area contributed by atoms with Gasteiger partial charge in [0.2, 0.25) is 0 Å². The molecule has 4 nitrogen and oxygen atoms in total. The molecule has 1 aliphatic rings. The van der Waals surface area contributed by atoms with Gasteiger partial charge in [-0.25, -0.2) is 0 Å². The highest BCUT2D eigenvalue weighted by Gasteiger charge is 2.38. The van der Waals surface area contributed by atoms with E-state index in [9.17, 15) is 5.11 Å². The van der Waals surface area contributed by atoms with Gasteiger partial charge in [-0.3, -0.25) is 0 Å². The largest absolute Gasteiger partial charge is 0.475 e. The summed E-state index contributed by atoms with van der Waals surface area (Å²) in [7, 11) is 0. The van der Waals surface area contributed by atoms with E-state index >= 15 is 0 Å². The molecule has 2 atom stereocenters. The molecular formula is C8H12N2O2. The van der Waals surface area contributed by atoms with Crippen LogP contribution in [0.4, 0.5) is 0 Å². The molecule has 4 heteroatoms. The molecule has 0 aromatic heterocycles. The topological polar surface area (TPSA) is 79.3 Å². The molecule has 0 amide bonds. The molecule has 0 radical (unpaired) electrons. The van der Waals surface area contributed by atoms with E-state index in [0.29, 0.717) is 0 Å². The zero-order chi connectivity index (χ0) is 9.35. The Morgan fingerprint density at radius 1 is 1.75 bits per heavy atom. The van der Waals surface area contributed by atoms with Gasteiger partial charge in [-0.1, -0.05) is 0 Å². The third kappa shape index (κ3) is 1.42. The van der Waals surface area contributed by atoms with Crippen LogP contribution in [0.5, 0.6) is 0 Å². The Kier molecular flexibility index (Phi) is 2.09. The SMILES string of the molecule is CC1(C)OC(C#N)=C[C@@H](N)[C@@H]1O. The lowest BCUT2D eigenvalue weighted by atomic mass is 9.92. The maximum absolute atomic E-state index is 9.51. The van der Waals surface area contributed by atoms with Crippen LogP contribution in [-0.2, 0) is 4.74 Å². The first-order valence-electron chi connectivity index (χ1n) is 3.72. The average Bonchev–Trinajstić information content (AvgIpc) is 1.99. The summed E-state index contributed by atoms with van der Waals surface area (Å²) in [4.78, 5) is 0. The van der Waals surface area contributed by atoms with E-state index in [1.54, 1.807) is 13.8 Å². The standard InChI is InChI=1S/C8H12N2O2/c1-8(2)7(11)6(10)3-5(4-9)12-8/h3,6-7,11H,10H2,1-2H3/t6-,7+/m1/s1. The second kappa shape index (κ2) is 2.77. The molecule has 1 aliphatic heterocycles. The summed E-state index contributed by atoms with van der Waals surface area (Å²) in [5.41, 5.74) is 4.78. The minimum Gasteiger partial charge on any atom is -0.475 e. The molecule has 1 heterocycles. The number of nitrogens with zero attached hydrogens (tertiary/aromatic N) is 1. The Balaban J connectivity index is 2.93. The number of hydrogen-bond acceptors (Lipinski definition) is 4. The summed E-state index contributed by atoms with van der Waals surface area (Å²) < 4.78 is 5.18. The number of ether oxygens (including phenoxy) is 1. The fraction of sp³-hybridized carbons (Fsp3) is 0.625. The lowest BCUT2D eigenvalue weighted by Gasteiger charge is -2.37. The third-order valence-electron chi connectivity index (χ3n) is 1.90. The van der Waals surface area contributed by atoms with E-state index in [4.69, 9.17) is 15.7 Å². The van der Waals surface area contributed by atoms with Crippen molar-refractivity contribution in [3.63, 3.8) is 0 Å². The van der Waals surface area contributed by atoms with E-state index in [1.165, 1.54) is 6.08 Å². The van der Waals surface area contributed by atoms with Crippen LogP contribution in [0.2, 0.25) is 0 Å². The first kappa shape index (κ1) is 9.04. The van der Waals surface area contributed by atoms with E-state index in [1.807, 2.05) is 6.07 Å². The van der Waals surface area contributed by atoms with Crippen molar-refractivity contribution in [3.05, 3.63) is 11.8 Å². The average molecular weight is 168 g/mol. The number of allylic oxidation sites excluding steroid dienone is 1. The third-order valence-corrected chi connectivity index (χ3v) is 1.90. The van der Waals surface area contributed by atoms with Gasteiger partial charge in [0.05, 0.1) is 6.04 Å². The zero-order valence-electron chi connectivity index (χ0n) is 7.11. The van der Waals surface area contributed by atoms with Crippen LogP contribution in [-0.4, -0.2) is 22.9 Å². The summed E-state index contributed by atoms with van der Waals surface area (Å²) in [6.45, 7) is 3.39. The Labute approximate surface area is 71.2 Å². The molecule has 0 fully saturated rings. The van der Waals surface area contributed by atoms with Crippen molar-refractivity contribution in [2.24, 2.45) is 5.73 Å². The van der Waals surface area contributed by atoms with Crippen molar-refractivity contribution in [3.8, 4) is 6.07 Å². The molecular weight excluding hydrogens is 156 g/mol. The van der Waals surface area contributed by atoms with Crippen molar-refractivity contribution >= 4 is 0 Å². The Bertz CT molecular complexity index is 252. The van der Waals surface area contributed by atoms with Gasteiger partial charge in [0, 0.05) is 0 Å². The second-order valence-corrected chi connectivity index (χ2v) is 3.37. The van der Waals surface area contributed by atoms with Crippen LogP contribution in [0.25, 0.3) is 0 Å². The van der Waals surface area contributed by atoms with Gasteiger partial charge >= 0.3 is 0 Å². The van der Waals surface area contributed by atoms with E-state index in [0.717, 1.165) is 0 Å². The van der Waals surface area contributed by atoms with Gasteiger partial charge in [0.15, 0.2) is 5.76 Å². The normalized spacial score (nSPS) is 33.1. The van der Waals surface area contributed by atoms with Crippen LogP contribution in [0.15, 0.2) is 11.8 Å². The predicted molar refractivity (Wildman–Crippen MR) is 42.8 cm³/mol. The smallest absolute Gasteiger partial charge is 0.195 e. The van der Waals surface area contributed by atoms with Gasteiger partial charge in [0.1, 0.15) is 17.8 Å². The van der Waals surface area contributed by atoms with Crippen LogP contribution < -0.4 is 5.73 Å². The fourth-order valence-corrected chi connectivity index (χ4v) is 1.17. The summed E-state index contributed by atoms with van der Waals surface area (Å²) in [5, 5.41) is 18.1. The highest BCUT2D eigenvalue weighted by molar-refractivity contribution is 5.22. The van der Waals surface area contributed by atoms with Crippen molar-refractivity contribution in [2.45, 2.75) is 31.6 Å². The van der Waals surface area contributed by atoms with Gasteiger partial charge in [0.25, 0.3) is 0 Å². The molecule has 0 bridgehead atoms. The number of rotatable bonds is 0. The molecule has 0 saturated heterocycles. The van der Waals surface area contributed by atoms with Gasteiger partial charge in [-0.05, 0) is 19.9 Å². The van der Waals surface area contributed by atoms with Gasteiger partial charge < -0.3 is 15.6 Å². The first-order valence-corrected chi connectivity index (χ1v) is 3.72. The maximum Gasteiger partial charge on any atom is 0.195 e. The van der Waals surface area contributed by atoms with E-state index < -0.39 is 17.7 Å². The Morgan fingerprint density at radius 3 is 2.75 bits per heavy atom. The van der Waals surface area contributed by atoms with Crippen LogP contribution in [0, 0.1) is 11.3 Å². The van der Waals surface area contributed by atoms with Crippen LogP contribution in [0.3, 0.4) is 0 Å². The maximum atomic E-state index is 9.51. The van der Waals surface area contributed by atoms with E-state index in [2.05, 4.69) is 0 Å². The summed E-state index contributed by atoms with van der Waals surface area (Å²) in [6, 6.07) is 1.33. The van der Waals surface area contributed by atoms with Crippen molar-refractivity contribution in [1.82, 2.24) is 0 Å². The van der Waals surface area contributed by atoms with Crippen molar-refractivity contribution < 1.29 is 9.84 Å². The van der Waals surface area contributed by atoms with Crippen LogP contribution in [0.1, 0.15) is 13.8 Å². The summed E-state index contributed by atoms with van der Waals surface area (Å²) in [5.74, 6) is 0.179. The molecule has 1 rings (SSSR count). The first-order chi connectivity index (χ1) is 5.47. The molecule has 12 heavy (non-hydrogen) atoms. The number of aliphatic hydroxyl groups is 1. The number of nitrogens with two attached hydrogens (primary N) is 1. The molecule has 0 aromatic rings. The van der Waals surface area contributed by atoms with Crippen molar-refractivity contribution in [1.29, 1.82) is 5.26 Å². The van der Waals surface area contributed by atoms with E-state index in [-0.39, 0.29) is 5.76 Å². The highest BCUT2D eigenvalue weighted by Crippen LogP contribution is 2.25. The predicted octanol–water partition coefficient (Wildman–Crippen LogP) is -0.109. The summed E-state index contributed by atoms with van der Waals surface area (Å²) in [6.07, 6.45) is 0.658. The van der Waals surface area contributed by atoms with Gasteiger partial charge in [-0.2, -0.15) is 5.26 Å². The molecule has 0 aromatic carbocycles. The lowest BCUT2D eigenvalue weighted by molar-refractivity contribution is -0.0818. The Hall–Kier alpha value is -1.05. The highest BCUT2D eigenvalue weighted by atomic mass is 16.5. The molecule has 0 spiro atoms. The molecule has 3 N–H and O–H groups in total. The minimum absolute atomic E-state index is 0.179.